The van der Waals surface area contributed by atoms with E-state index < -0.39 is 24.2 Å². The van der Waals surface area contributed by atoms with E-state index in [0.717, 1.165) is 17.2 Å². The molecule has 10 heteroatoms. The number of nitrogens with one attached hydrogen (secondary N) is 1. The fourth-order valence-corrected chi connectivity index (χ4v) is 3.65. The van der Waals surface area contributed by atoms with Gasteiger partial charge in [-0.1, -0.05) is 72.0 Å². The van der Waals surface area contributed by atoms with Crippen molar-refractivity contribution in [2.24, 2.45) is 0 Å². The number of cyclic esters (lactones) is 1. The first-order valence-electron chi connectivity index (χ1n) is 10.5. The van der Waals surface area contributed by atoms with Crippen LogP contribution in [0.4, 0.5) is 13.6 Å². The number of aromatic nitrogens is 4. The Morgan fingerprint density at radius 3 is 2.76 bits per heavy atom. The summed E-state index contributed by atoms with van der Waals surface area (Å²) in [5, 5.41) is 23.9. The van der Waals surface area contributed by atoms with E-state index in [9.17, 15) is 18.7 Å². The number of carbonyl (C=O) groups is 1. The van der Waals surface area contributed by atoms with E-state index in [1.807, 2.05) is 24.3 Å². The lowest BCUT2D eigenvalue weighted by Gasteiger charge is -2.22. The van der Waals surface area contributed by atoms with Gasteiger partial charge in [0.15, 0.2) is 5.82 Å². The lowest BCUT2D eigenvalue weighted by molar-refractivity contribution is -0.0929. The lowest BCUT2D eigenvalue weighted by Crippen LogP contribution is -2.35. The minimum atomic E-state index is -3.45. The van der Waals surface area contributed by atoms with Crippen LogP contribution >= 0.6 is 0 Å². The van der Waals surface area contributed by atoms with Gasteiger partial charge in [-0.3, -0.25) is 4.90 Å². The van der Waals surface area contributed by atoms with Crippen LogP contribution in [0, 0.1) is 0 Å². The van der Waals surface area contributed by atoms with Crippen molar-refractivity contribution >= 4 is 6.09 Å². The highest BCUT2D eigenvalue weighted by atomic mass is 19.3. The number of halogens is 2. The van der Waals surface area contributed by atoms with Gasteiger partial charge in [0.25, 0.3) is 0 Å². The van der Waals surface area contributed by atoms with Gasteiger partial charge in [-0.25, -0.2) is 4.79 Å². The number of hydrogen-bond acceptors (Lipinski definition) is 6. The number of nitrogens with zero attached hydrogens (tertiary/aromatic N) is 4. The van der Waals surface area contributed by atoms with Crippen LogP contribution in [0.15, 0.2) is 66.7 Å². The lowest BCUT2D eigenvalue weighted by atomic mass is 10.0. The molecule has 1 amide bonds. The molecule has 2 heterocycles. The minimum Gasteiger partial charge on any atom is -0.447 e. The maximum Gasteiger partial charge on any atom is 0.410 e. The summed E-state index contributed by atoms with van der Waals surface area (Å²) in [4.78, 5) is 13.6. The highest BCUT2D eigenvalue weighted by molar-refractivity contribution is 5.70. The molecular weight excluding hydrogens is 432 g/mol. The molecule has 8 nitrogen and oxygen atoms in total. The largest absolute Gasteiger partial charge is 0.447 e. The molecule has 0 aliphatic carbocycles. The van der Waals surface area contributed by atoms with Gasteiger partial charge < -0.3 is 9.84 Å². The molecule has 0 bridgehead atoms. The van der Waals surface area contributed by atoms with Crippen LogP contribution in [0.1, 0.15) is 22.5 Å². The number of rotatable bonds is 9. The Bertz CT molecular complexity index is 1090. The van der Waals surface area contributed by atoms with Gasteiger partial charge in [-0.05, 0) is 17.5 Å². The van der Waals surface area contributed by atoms with Crippen molar-refractivity contribution in [3.63, 3.8) is 0 Å². The molecule has 2 aromatic carbocycles. The number of H-pyrrole nitrogens is 1. The van der Waals surface area contributed by atoms with Gasteiger partial charge in [-0.15, -0.1) is 10.2 Å². The SMILES string of the molecule is O=C1OCC(/C=C/C(O)C(F)(F)c2ccccc2)N1CCc1cccc(Cc2nn[nH]n2)c1. The summed E-state index contributed by atoms with van der Waals surface area (Å²) in [7, 11) is 0. The summed E-state index contributed by atoms with van der Waals surface area (Å²) < 4.78 is 34.1. The zero-order valence-corrected chi connectivity index (χ0v) is 17.6. The quantitative estimate of drug-likeness (QED) is 0.481. The fourth-order valence-electron chi connectivity index (χ4n) is 3.65. The zero-order valence-electron chi connectivity index (χ0n) is 17.6. The van der Waals surface area contributed by atoms with Crippen molar-refractivity contribution in [2.45, 2.75) is 30.9 Å². The first-order valence-corrected chi connectivity index (χ1v) is 10.5. The van der Waals surface area contributed by atoms with Crippen molar-refractivity contribution in [2.75, 3.05) is 13.2 Å². The predicted molar refractivity (Wildman–Crippen MR) is 114 cm³/mol. The number of aromatic amines is 1. The number of hydrogen-bond donors (Lipinski definition) is 2. The number of amides is 1. The van der Waals surface area contributed by atoms with Gasteiger partial charge in [-0.2, -0.15) is 14.0 Å². The first-order chi connectivity index (χ1) is 15.9. The average Bonchev–Trinajstić information content (AvgIpc) is 3.46. The smallest absolute Gasteiger partial charge is 0.410 e. The molecule has 1 aromatic heterocycles. The number of benzene rings is 2. The van der Waals surface area contributed by atoms with Crippen molar-refractivity contribution in [1.29, 1.82) is 0 Å². The van der Waals surface area contributed by atoms with Crippen LogP contribution in [0.3, 0.4) is 0 Å². The number of aliphatic hydroxyl groups excluding tert-OH is 1. The van der Waals surface area contributed by atoms with E-state index in [-0.39, 0.29) is 12.2 Å². The molecule has 0 spiro atoms. The summed E-state index contributed by atoms with van der Waals surface area (Å²) in [5.74, 6) is -2.88. The Kier molecular flexibility index (Phi) is 6.74. The number of ether oxygens (including phenoxy) is 1. The molecule has 0 saturated carbocycles. The van der Waals surface area contributed by atoms with Gasteiger partial charge in [0, 0.05) is 18.5 Å². The second kappa shape index (κ2) is 9.86. The first kappa shape index (κ1) is 22.5. The van der Waals surface area contributed by atoms with E-state index in [1.165, 1.54) is 35.2 Å². The van der Waals surface area contributed by atoms with Crippen molar-refractivity contribution in [3.05, 3.63) is 89.3 Å². The molecule has 33 heavy (non-hydrogen) atoms. The number of carbonyl (C=O) groups excluding carboxylic acids is 1. The highest BCUT2D eigenvalue weighted by Gasteiger charge is 2.39. The molecule has 172 valence electrons. The van der Waals surface area contributed by atoms with Gasteiger partial charge in [0.2, 0.25) is 0 Å². The topological polar surface area (TPSA) is 104 Å². The summed E-state index contributed by atoms with van der Waals surface area (Å²) in [5.41, 5.74) is 1.72. The second-order valence-electron chi connectivity index (χ2n) is 7.73. The van der Waals surface area contributed by atoms with Gasteiger partial charge in [0.1, 0.15) is 12.7 Å². The number of alkyl halides is 2. The van der Waals surface area contributed by atoms with E-state index in [2.05, 4.69) is 20.6 Å². The number of aliphatic hydroxyl groups is 1. The Morgan fingerprint density at radius 2 is 2.00 bits per heavy atom. The molecule has 2 N–H and O–H groups in total. The highest BCUT2D eigenvalue weighted by Crippen LogP contribution is 2.32. The second-order valence-corrected chi connectivity index (χ2v) is 7.73. The molecule has 1 aliphatic rings. The molecule has 1 fully saturated rings. The van der Waals surface area contributed by atoms with Crippen molar-refractivity contribution in [1.82, 2.24) is 25.5 Å². The van der Waals surface area contributed by atoms with Gasteiger partial charge >= 0.3 is 12.0 Å². The van der Waals surface area contributed by atoms with Crippen molar-refractivity contribution < 1.29 is 23.4 Å². The van der Waals surface area contributed by atoms with Crippen LogP contribution in [-0.2, 0) is 23.5 Å². The van der Waals surface area contributed by atoms with Crippen LogP contribution in [0.2, 0.25) is 0 Å². The molecule has 3 aromatic rings. The molecule has 1 saturated heterocycles. The third-order valence-electron chi connectivity index (χ3n) is 5.44. The van der Waals surface area contributed by atoms with E-state index in [1.54, 1.807) is 6.07 Å². The molecule has 0 radical (unpaired) electrons. The molecule has 4 rings (SSSR count). The number of tetrazole rings is 1. The van der Waals surface area contributed by atoms with Crippen LogP contribution < -0.4 is 0 Å². The van der Waals surface area contributed by atoms with E-state index in [4.69, 9.17) is 4.74 Å². The molecular formula is C23H23F2N5O3. The Morgan fingerprint density at radius 1 is 1.21 bits per heavy atom. The minimum absolute atomic E-state index is 0.0385. The summed E-state index contributed by atoms with van der Waals surface area (Å²) in [6.07, 6.45) is 0.949. The standard InChI is InChI=1S/C23H23F2N5O3/c24-23(25,18-7-2-1-3-8-18)20(31)10-9-19-15-33-22(32)30(19)12-11-16-5-4-6-17(13-16)14-21-26-28-29-27-21/h1-10,13,19-20,31H,11-12,14-15H2,(H,26,27,28,29)/b10-9+. The summed E-state index contributed by atoms with van der Waals surface area (Å²) >= 11 is 0. The van der Waals surface area contributed by atoms with Crippen LogP contribution in [-0.4, -0.2) is 62.0 Å². The maximum atomic E-state index is 14.5. The average molecular weight is 455 g/mol. The van der Waals surface area contributed by atoms with Crippen LogP contribution in [0.25, 0.3) is 0 Å². The summed E-state index contributed by atoms with van der Waals surface area (Å²) in [6, 6.07) is 14.4. The predicted octanol–water partition coefficient (Wildman–Crippen LogP) is 2.86. The van der Waals surface area contributed by atoms with E-state index in [0.29, 0.717) is 25.2 Å². The normalized spacial score (nSPS) is 17.5. The third-order valence-corrected chi connectivity index (χ3v) is 5.44. The van der Waals surface area contributed by atoms with Gasteiger partial charge in [0.05, 0.1) is 6.04 Å². The maximum absolute atomic E-state index is 14.5. The van der Waals surface area contributed by atoms with Crippen LogP contribution in [0.5, 0.6) is 0 Å². The molecule has 2 atom stereocenters. The summed E-state index contributed by atoms with van der Waals surface area (Å²) in [6.45, 7) is 0.376. The molecule has 2 unspecified atom stereocenters. The zero-order chi connectivity index (χ0) is 23.3. The fraction of sp³-hybridized carbons (Fsp3) is 0.304. The van der Waals surface area contributed by atoms with Crippen molar-refractivity contribution in [3.8, 4) is 0 Å². The third kappa shape index (κ3) is 5.40. The molecule has 1 aliphatic heterocycles. The monoisotopic (exact) mass is 455 g/mol. The van der Waals surface area contributed by atoms with E-state index >= 15 is 0 Å². The Balaban J connectivity index is 1.38. The Hall–Kier alpha value is -3.66. The Labute approximate surface area is 188 Å².